The second kappa shape index (κ2) is 7.02. The first-order valence-corrected chi connectivity index (χ1v) is 6.57. The van der Waals surface area contributed by atoms with Gasteiger partial charge in [-0.2, -0.15) is 0 Å². The van der Waals surface area contributed by atoms with E-state index in [2.05, 4.69) is 22.9 Å². The van der Waals surface area contributed by atoms with Gasteiger partial charge in [-0.25, -0.2) is 4.39 Å². The molecule has 1 unspecified atom stereocenters. The van der Waals surface area contributed by atoms with Gasteiger partial charge in [0.1, 0.15) is 5.82 Å². The smallest absolute Gasteiger partial charge is 0.137 e. The van der Waals surface area contributed by atoms with E-state index in [4.69, 9.17) is 0 Å². The molecule has 0 heterocycles. The number of unbranched alkanes of at least 4 members (excludes halogenated alkanes) is 3. The highest BCUT2D eigenvalue weighted by atomic mass is 79.9. The van der Waals surface area contributed by atoms with Crippen molar-refractivity contribution < 1.29 is 9.50 Å². The molecule has 0 bridgehead atoms. The highest BCUT2D eigenvalue weighted by Crippen LogP contribution is 2.24. The topological polar surface area (TPSA) is 20.2 Å². The lowest BCUT2D eigenvalue weighted by molar-refractivity contribution is 0.163. The fraction of sp³-hybridized carbons (Fsp3) is 0.538. The molecule has 0 fully saturated rings. The van der Waals surface area contributed by atoms with Gasteiger partial charge in [-0.3, -0.25) is 0 Å². The largest absolute Gasteiger partial charge is 0.388 e. The first kappa shape index (κ1) is 13.7. The minimum atomic E-state index is -0.542. The Balaban J connectivity index is 2.46. The Morgan fingerprint density at radius 1 is 1.31 bits per heavy atom. The van der Waals surface area contributed by atoms with Crippen LogP contribution in [0.2, 0.25) is 0 Å². The second-order valence-corrected chi connectivity index (χ2v) is 4.89. The Bertz CT molecular complexity index is 328. The molecular weight excluding hydrogens is 271 g/mol. The fourth-order valence-corrected chi connectivity index (χ4v) is 1.90. The summed E-state index contributed by atoms with van der Waals surface area (Å²) >= 11 is 3.10. The average molecular weight is 289 g/mol. The summed E-state index contributed by atoms with van der Waals surface area (Å²) in [6, 6.07) is 4.80. The molecule has 0 aliphatic carbocycles. The van der Waals surface area contributed by atoms with Gasteiger partial charge in [0.25, 0.3) is 0 Å². The average Bonchev–Trinajstić information content (AvgIpc) is 2.28. The lowest BCUT2D eigenvalue weighted by Crippen LogP contribution is -1.98. The first-order valence-electron chi connectivity index (χ1n) is 5.78. The van der Waals surface area contributed by atoms with Crippen LogP contribution in [0, 0.1) is 5.82 Å². The molecule has 90 valence electrons. The minimum Gasteiger partial charge on any atom is -0.388 e. The number of hydrogen-bond donors (Lipinski definition) is 1. The Morgan fingerprint density at radius 2 is 2.06 bits per heavy atom. The van der Waals surface area contributed by atoms with E-state index in [1.165, 1.54) is 18.9 Å². The van der Waals surface area contributed by atoms with E-state index < -0.39 is 6.10 Å². The lowest BCUT2D eigenvalue weighted by Gasteiger charge is -2.11. The zero-order valence-electron chi connectivity index (χ0n) is 9.55. The summed E-state index contributed by atoms with van der Waals surface area (Å²) in [5.74, 6) is -0.315. The van der Waals surface area contributed by atoms with Gasteiger partial charge in [0, 0.05) is 0 Å². The van der Waals surface area contributed by atoms with E-state index in [9.17, 15) is 9.50 Å². The van der Waals surface area contributed by atoms with Crippen molar-refractivity contribution in [2.24, 2.45) is 0 Å². The standard InChI is InChI=1S/C13H18BrFO/c1-2-3-4-5-6-13(16)10-7-8-11(14)12(15)9-10/h7-9,13,16H,2-6H2,1H3. The number of hydrogen-bond acceptors (Lipinski definition) is 1. The molecule has 0 amide bonds. The molecule has 16 heavy (non-hydrogen) atoms. The SMILES string of the molecule is CCCCCCC(O)c1ccc(Br)c(F)c1. The van der Waals surface area contributed by atoms with Gasteiger partial charge in [-0.1, -0.05) is 38.7 Å². The molecular formula is C13H18BrFO. The van der Waals surface area contributed by atoms with Crippen LogP contribution in [0.25, 0.3) is 0 Å². The van der Waals surface area contributed by atoms with Crippen LogP contribution in [0.5, 0.6) is 0 Å². The molecule has 1 rings (SSSR count). The predicted octanol–water partition coefficient (Wildman–Crippen LogP) is 4.59. The van der Waals surface area contributed by atoms with Gasteiger partial charge in [0.2, 0.25) is 0 Å². The van der Waals surface area contributed by atoms with Crippen LogP contribution in [0.15, 0.2) is 22.7 Å². The summed E-state index contributed by atoms with van der Waals surface area (Å²) < 4.78 is 13.7. The summed E-state index contributed by atoms with van der Waals surface area (Å²) in [6.45, 7) is 2.15. The van der Waals surface area contributed by atoms with E-state index in [0.29, 0.717) is 16.5 Å². The molecule has 0 spiro atoms. The van der Waals surface area contributed by atoms with Crippen LogP contribution < -0.4 is 0 Å². The summed E-state index contributed by atoms with van der Waals surface area (Å²) in [4.78, 5) is 0. The maximum atomic E-state index is 13.2. The van der Waals surface area contributed by atoms with Crippen molar-refractivity contribution in [3.63, 3.8) is 0 Å². The quantitative estimate of drug-likeness (QED) is 0.759. The van der Waals surface area contributed by atoms with Crippen LogP contribution in [-0.4, -0.2) is 5.11 Å². The van der Waals surface area contributed by atoms with Crippen LogP contribution in [0.4, 0.5) is 4.39 Å². The molecule has 1 atom stereocenters. The molecule has 1 nitrogen and oxygen atoms in total. The third-order valence-electron chi connectivity index (χ3n) is 2.66. The van der Waals surface area contributed by atoms with Crippen molar-refractivity contribution in [3.05, 3.63) is 34.1 Å². The Labute approximate surface area is 105 Å². The highest BCUT2D eigenvalue weighted by molar-refractivity contribution is 9.10. The van der Waals surface area contributed by atoms with E-state index in [0.717, 1.165) is 12.8 Å². The van der Waals surface area contributed by atoms with Gasteiger partial charge in [0.15, 0.2) is 0 Å². The normalized spacial score (nSPS) is 12.8. The number of aliphatic hydroxyl groups excluding tert-OH is 1. The van der Waals surface area contributed by atoms with Crippen molar-refractivity contribution in [2.75, 3.05) is 0 Å². The molecule has 0 aliphatic rings. The monoisotopic (exact) mass is 288 g/mol. The number of aliphatic hydroxyl groups is 1. The number of benzene rings is 1. The maximum Gasteiger partial charge on any atom is 0.137 e. The van der Waals surface area contributed by atoms with Crippen LogP contribution in [0.3, 0.4) is 0 Å². The Kier molecular flexibility index (Phi) is 5.99. The summed E-state index contributed by atoms with van der Waals surface area (Å²) in [5, 5.41) is 9.85. The van der Waals surface area contributed by atoms with Crippen molar-refractivity contribution >= 4 is 15.9 Å². The first-order chi connectivity index (χ1) is 7.65. The van der Waals surface area contributed by atoms with Crippen LogP contribution >= 0.6 is 15.9 Å². The predicted molar refractivity (Wildman–Crippen MR) is 67.8 cm³/mol. The Hall–Kier alpha value is -0.410. The third-order valence-corrected chi connectivity index (χ3v) is 3.30. The van der Waals surface area contributed by atoms with E-state index >= 15 is 0 Å². The zero-order chi connectivity index (χ0) is 12.0. The fourth-order valence-electron chi connectivity index (χ4n) is 1.65. The maximum absolute atomic E-state index is 13.2. The molecule has 1 aromatic carbocycles. The molecule has 0 aliphatic heterocycles. The van der Waals surface area contributed by atoms with E-state index in [1.54, 1.807) is 12.1 Å². The molecule has 1 aromatic rings. The van der Waals surface area contributed by atoms with E-state index in [-0.39, 0.29) is 5.82 Å². The van der Waals surface area contributed by atoms with Gasteiger partial charge in [0.05, 0.1) is 10.6 Å². The number of halogens is 2. The zero-order valence-corrected chi connectivity index (χ0v) is 11.1. The molecule has 0 aromatic heterocycles. The van der Waals surface area contributed by atoms with Gasteiger partial charge in [-0.05, 0) is 40.0 Å². The van der Waals surface area contributed by atoms with Crippen LogP contribution in [0.1, 0.15) is 50.7 Å². The summed E-state index contributed by atoms with van der Waals surface area (Å²) in [7, 11) is 0. The molecule has 0 radical (unpaired) electrons. The summed E-state index contributed by atoms with van der Waals surface area (Å²) in [5.41, 5.74) is 0.664. The lowest BCUT2D eigenvalue weighted by atomic mass is 10.0. The summed E-state index contributed by atoms with van der Waals surface area (Å²) in [6.07, 6.45) is 4.67. The van der Waals surface area contributed by atoms with Crippen molar-refractivity contribution in [2.45, 2.75) is 45.1 Å². The Morgan fingerprint density at radius 3 is 2.69 bits per heavy atom. The van der Waals surface area contributed by atoms with Gasteiger partial charge < -0.3 is 5.11 Å². The van der Waals surface area contributed by atoms with Gasteiger partial charge >= 0.3 is 0 Å². The molecule has 0 saturated heterocycles. The van der Waals surface area contributed by atoms with Crippen molar-refractivity contribution in [3.8, 4) is 0 Å². The van der Waals surface area contributed by atoms with Crippen molar-refractivity contribution in [1.29, 1.82) is 0 Å². The number of rotatable bonds is 6. The minimum absolute atomic E-state index is 0.315. The van der Waals surface area contributed by atoms with E-state index in [1.807, 2.05) is 0 Å². The molecule has 0 saturated carbocycles. The third kappa shape index (κ3) is 4.22. The second-order valence-electron chi connectivity index (χ2n) is 4.04. The van der Waals surface area contributed by atoms with Gasteiger partial charge in [-0.15, -0.1) is 0 Å². The van der Waals surface area contributed by atoms with Crippen LogP contribution in [-0.2, 0) is 0 Å². The van der Waals surface area contributed by atoms with Crippen molar-refractivity contribution in [1.82, 2.24) is 0 Å². The molecule has 1 N–H and O–H groups in total. The highest BCUT2D eigenvalue weighted by Gasteiger charge is 2.09. The molecule has 3 heteroatoms.